The standard InChI is InChI=1S/C20H26N6O2/c1-20(2,3)19(27)22-18-6-9-21-26(18)15-7-10-25(11-8-15)13-14-4-5-16-17(12-14)24-28-23-16/h4-6,9,12,15H,7-8,10-11,13H2,1-3H3,(H,22,27). The number of amides is 1. The molecule has 4 rings (SSSR count). The molecule has 8 heteroatoms. The van der Waals surface area contributed by atoms with E-state index >= 15 is 0 Å². The average molecular weight is 382 g/mol. The Labute approximate surface area is 163 Å². The number of hydrogen-bond donors (Lipinski definition) is 1. The molecule has 148 valence electrons. The molecular formula is C20H26N6O2. The van der Waals surface area contributed by atoms with Crippen LogP contribution in [-0.4, -0.2) is 44.0 Å². The second-order valence-electron chi connectivity index (χ2n) is 8.46. The zero-order chi connectivity index (χ0) is 19.7. The van der Waals surface area contributed by atoms with Crippen molar-refractivity contribution in [2.24, 2.45) is 5.41 Å². The molecular weight excluding hydrogens is 356 g/mol. The van der Waals surface area contributed by atoms with Gasteiger partial charge in [0.05, 0.1) is 12.2 Å². The lowest BCUT2D eigenvalue weighted by molar-refractivity contribution is -0.123. The van der Waals surface area contributed by atoms with Gasteiger partial charge in [-0.15, -0.1) is 0 Å². The number of benzene rings is 1. The smallest absolute Gasteiger partial charge is 0.230 e. The lowest BCUT2D eigenvalue weighted by Gasteiger charge is -2.33. The van der Waals surface area contributed by atoms with Crippen molar-refractivity contribution in [3.05, 3.63) is 36.0 Å². The minimum atomic E-state index is -0.432. The number of likely N-dealkylation sites (tertiary alicyclic amines) is 1. The summed E-state index contributed by atoms with van der Waals surface area (Å²) >= 11 is 0. The van der Waals surface area contributed by atoms with Crippen LogP contribution in [0.4, 0.5) is 5.82 Å². The third-order valence-corrected chi connectivity index (χ3v) is 5.22. The number of hydrogen-bond acceptors (Lipinski definition) is 6. The van der Waals surface area contributed by atoms with Gasteiger partial charge < -0.3 is 5.32 Å². The van der Waals surface area contributed by atoms with E-state index in [1.54, 1.807) is 6.20 Å². The number of aromatic nitrogens is 4. The topological polar surface area (TPSA) is 89.1 Å². The van der Waals surface area contributed by atoms with Gasteiger partial charge in [0, 0.05) is 31.1 Å². The van der Waals surface area contributed by atoms with E-state index in [0.29, 0.717) is 6.04 Å². The van der Waals surface area contributed by atoms with Crippen LogP contribution >= 0.6 is 0 Å². The number of nitrogens with zero attached hydrogens (tertiary/aromatic N) is 5. The molecule has 1 fully saturated rings. The first-order valence-corrected chi connectivity index (χ1v) is 9.69. The van der Waals surface area contributed by atoms with Crippen LogP contribution in [0.5, 0.6) is 0 Å². The normalized spacial score (nSPS) is 16.5. The van der Waals surface area contributed by atoms with Crippen LogP contribution in [0.2, 0.25) is 0 Å². The van der Waals surface area contributed by atoms with Crippen molar-refractivity contribution in [1.82, 2.24) is 25.0 Å². The lowest BCUT2D eigenvalue weighted by Crippen LogP contribution is -2.35. The largest absolute Gasteiger partial charge is 0.310 e. The fourth-order valence-electron chi connectivity index (χ4n) is 3.51. The van der Waals surface area contributed by atoms with Gasteiger partial charge in [0.2, 0.25) is 5.91 Å². The summed E-state index contributed by atoms with van der Waals surface area (Å²) in [6, 6.07) is 8.22. The molecule has 0 aliphatic carbocycles. The Morgan fingerprint density at radius 2 is 1.93 bits per heavy atom. The van der Waals surface area contributed by atoms with Crippen LogP contribution in [0.1, 0.15) is 45.2 Å². The van der Waals surface area contributed by atoms with Crippen LogP contribution < -0.4 is 5.32 Å². The molecule has 0 bridgehead atoms. The second-order valence-corrected chi connectivity index (χ2v) is 8.46. The minimum absolute atomic E-state index is 0.00410. The number of piperidine rings is 1. The van der Waals surface area contributed by atoms with Crippen molar-refractivity contribution in [1.29, 1.82) is 0 Å². The van der Waals surface area contributed by atoms with Crippen LogP contribution in [0.3, 0.4) is 0 Å². The molecule has 0 saturated carbocycles. The Balaban J connectivity index is 1.37. The fraction of sp³-hybridized carbons (Fsp3) is 0.500. The van der Waals surface area contributed by atoms with E-state index < -0.39 is 5.41 Å². The molecule has 1 amide bonds. The van der Waals surface area contributed by atoms with Gasteiger partial charge in [-0.05, 0) is 40.9 Å². The molecule has 1 aromatic carbocycles. The highest BCUT2D eigenvalue weighted by Gasteiger charge is 2.26. The van der Waals surface area contributed by atoms with Crippen molar-refractivity contribution in [2.45, 2.75) is 46.2 Å². The molecule has 3 heterocycles. The summed E-state index contributed by atoms with van der Waals surface area (Å²) in [6.07, 6.45) is 3.74. The van der Waals surface area contributed by atoms with Crippen molar-refractivity contribution in [3.8, 4) is 0 Å². The van der Waals surface area contributed by atoms with E-state index in [9.17, 15) is 4.79 Å². The molecule has 2 aromatic heterocycles. The predicted molar refractivity (Wildman–Crippen MR) is 106 cm³/mol. The minimum Gasteiger partial charge on any atom is -0.310 e. The van der Waals surface area contributed by atoms with E-state index in [1.807, 2.05) is 43.7 Å². The maximum atomic E-state index is 12.3. The van der Waals surface area contributed by atoms with Crippen molar-refractivity contribution in [3.63, 3.8) is 0 Å². The summed E-state index contributed by atoms with van der Waals surface area (Å²) in [5, 5.41) is 15.3. The average Bonchev–Trinajstić information content (AvgIpc) is 3.30. The summed E-state index contributed by atoms with van der Waals surface area (Å²) in [4.78, 5) is 14.8. The van der Waals surface area contributed by atoms with Gasteiger partial charge in [-0.3, -0.25) is 9.69 Å². The maximum absolute atomic E-state index is 12.3. The van der Waals surface area contributed by atoms with Gasteiger partial charge >= 0.3 is 0 Å². The molecule has 1 aliphatic heterocycles. The van der Waals surface area contributed by atoms with E-state index in [-0.39, 0.29) is 5.91 Å². The SMILES string of the molecule is CC(C)(C)C(=O)Nc1ccnn1C1CCN(Cc2ccc3nonc3c2)CC1. The first kappa shape index (κ1) is 18.6. The fourth-order valence-corrected chi connectivity index (χ4v) is 3.51. The van der Waals surface area contributed by atoms with Gasteiger partial charge in [0.15, 0.2) is 0 Å². The monoisotopic (exact) mass is 382 g/mol. The first-order chi connectivity index (χ1) is 13.4. The van der Waals surface area contributed by atoms with Gasteiger partial charge in [-0.2, -0.15) is 5.10 Å². The van der Waals surface area contributed by atoms with E-state index in [4.69, 9.17) is 4.63 Å². The van der Waals surface area contributed by atoms with Gasteiger partial charge in [0.25, 0.3) is 0 Å². The molecule has 1 N–H and O–H groups in total. The molecule has 3 aromatic rings. The Kier molecular flexibility index (Phi) is 4.89. The van der Waals surface area contributed by atoms with Crippen molar-refractivity contribution in [2.75, 3.05) is 18.4 Å². The zero-order valence-corrected chi connectivity index (χ0v) is 16.6. The van der Waals surface area contributed by atoms with Crippen LogP contribution in [-0.2, 0) is 11.3 Å². The quantitative estimate of drug-likeness (QED) is 0.745. The van der Waals surface area contributed by atoms with Crippen LogP contribution in [0.15, 0.2) is 35.1 Å². The molecule has 0 radical (unpaired) electrons. The number of carbonyl (C=O) groups excluding carboxylic acids is 1. The molecule has 0 spiro atoms. The zero-order valence-electron chi connectivity index (χ0n) is 16.6. The first-order valence-electron chi connectivity index (χ1n) is 9.69. The van der Waals surface area contributed by atoms with Crippen molar-refractivity contribution < 1.29 is 9.42 Å². The Morgan fingerprint density at radius 3 is 2.68 bits per heavy atom. The Bertz CT molecular complexity index is 962. The predicted octanol–water partition coefficient (Wildman–Crippen LogP) is 3.24. The van der Waals surface area contributed by atoms with Crippen molar-refractivity contribution >= 4 is 22.8 Å². The summed E-state index contributed by atoms with van der Waals surface area (Å²) in [6.45, 7) is 8.57. The molecule has 1 saturated heterocycles. The highest BCUT2D eigenvalue weighted by molar-refractivity contribution is 5.93. The number of rotatable bonds is 4. The summed E-state index contributed by atoms with van der Waals surface area (Å²) in [5.74, 6) is 0.784. The number of nitrogens with one attached hydrogen (secondary N) is 1. The highest BCUT2D eigenvalue weighted by atomic mass is 16.6. The molecule has 28 heavy (non-hydrogen) atoms. The third kappa shape index (κ3) is 3.91. The van der Waals surface area contributed by atoms with Gasteiger partial charge in [-0.1, -0.05) is 26.8 Å². The lowest BCUT2D eigenvalue weighted by atomic mass is 9.96. The Hall–Kier alpha value is -2.74. The Morgan fingerprint density at radius 1 is 1.18 bits per heavy atom. The summed E-state index contributed by atoms with van der Waals surface area (Å²) in [5.41, 5.74) is 2.35. The van der Waals surface area contributed by atoms with E-state index in [1.165, 1.54) is 5.56 Å². The number of carbonyl (C=O) groups is 1. The van der Waals surface area contributed by atoms with Gasteiger partial charge in [0.1, 0.15) is 16.9 Å². The molecule has 1 aliphatic rings. The highest BCUT2D eigenvalue weighted by Crippen LogP contribution is 2.27. The third-order valence-electron chi connectivity index (χ3n) is 5.22. The van der Waals surface area contributed by atoms with Crippen LogP contribution in [0.25, 0.3) is 11.0 Å². The molecule has 0 unspecified atom stereocenters. The summed E-state index contributed by atoms with van der Waals surface area (Å²) in [7, 11) is 0. The van der Waals surface area contributed by atoms with E-state index in [0.717, 1.165) is 49.3 Å². The molecule has 0 atom stereocenters. The maximum Gasteiger partial charge on any atom is 0.230 e. The number of fused-ring (bicyclic) bond motifs is 1. The summed E-state index contributed by atoms with van der Waals surface area (Å²) < 4.78 is 6.74. The number of anilines is 1. The second kappa shape index (κ2) is 7.35. The van der Waals surface area contributed by atoms with Crippen LogP contribution in [0, 0.1) is 5.41 Å². The van der Waals surface area contributed by atoms with Gasteiger partial charge in [-0.25, -0.2) is 9.31 Å². The van der Waals surface area contributed by atoms with E-state index in [2.05, 4.69) is 31.7 Å². The molecule has 8 nitrogen and oxygen atoms in total.